The number of benzene rings is 2. The third kappa shape index (κ3) is 4.63. The van der Waals surface area contributed by atoms with Crippen molar-refractivity contribution in [3.63, 3.8) is 0 Å². The van der Waals surface area contributed by atoms with E-state index in [1.165, 1.54) is 31.6 Å². The number of halogens is 3. The van der Waals surface area contributed by atoms with E-state index in [2.05, 4.69) is 9.11 Å². The maximum Gasteiger partial charge on any atom is 0.431 e. The maximum absolute atomic E-state index is 13.4. The number of aromatic nitrogens is 3. The topological polar surface area (TPSA) is 92.4 Å². The average molecular weight is 520 g/mol. The minimum Gasteiger partial charge on any atom is -0.482 e. The summed E-state index contributed by atoms with van der Waals surface area (Å²) in [7, 11) is 1.25. The molecule has 0 saturated carbocycles. The van der Waals surface area contributed by atoms with Crippen molar-refractivity contribution in [1.82, 2.24) is 13.5 Å². The number of methoxy groups -OCH3 is 1. The first-order valence-corrected chi connectivity index (χ1v) is 11.5. The van der Waals surface area contributed by atoms with E-state index in [0.29, 0.717) is 37.6 Å². The van der Waals surface area contributed by atoms with Crippen LogP contribution >= 0.6 is 11.5 Å². The van der Waals surface area contributed by atoms with Crippen LogP contribution in [0.15, 0.2) is 52.1 Å². The molecule has 8 nitrogen and oxygen atoms in total. The molecule has 0 aliphatic heterocycles. The van der Waals surface area contributed by atoms with Crippen LogP contribution in [0.4, 0.5) is 13.2 Å². The van der Waals surface area contributed by atoms with Gasteiger partial charge in [-0.1, -0.05) is 6.07 Å². The van der Waals surface area contributed by atoms with Gasteiger partial charge < -0.3 is 9.47 Å². The Bertz CT molecular complexity index is 1590. The highest BCUT2D eigenvalue weighted by molar-refractivity contribution is 7.13. The van der Waals surface area contributed by atoms with Gasteiger partial charge >= 0.3 is 17.8 Å². The number of rotatable bonds is 6. The van der Waals surface area contributed by atoms with Gasteiger partial charge in [0.25, 0.3) is 5.56 Å². The molecule has 0 bridgehead atoms. The zero-order valence-electron chi connectivity index (χ0n) is 19.4. The Morgan fingerprint density at radius 2 is 1.86 bits per heavy atom. The van der Waals surface area contributed by atoms with Gasteiger partial charge in [-0.25, -0.2) is 14.2 Å². The molecule has 0 aliphatic carbocycles. The molecule has 2 heterocycles. The molecule has 2 aromatic heterocycles. The summed E-state index contributed by atoms with van der Waals surface area (Å²) in [6, 6.07) is 10.3. The van der Waals surface area contributed by atoms with Crippen LogP contribution in [-0.4, -0.2) is 33.2 Å². The van der Waals surface area contributed by atoms with Crippen LogP contribution in [0.5, 0.6) is 5.75 Å². The number of esters is 1. The zero-order valence-corrected chi connectivity index (χ0v) is 20.2. The van der Waals surface area contributed by atoms with E-state index in [0.717, 1.165) is 10.3 Å². The van der Waals surface area contributed by atoms with Crippen molar-refractivity contribution in [3.8, 4) is 22.7 Å². The molecule has 36 heavy (non-hydrogen) atoms. The lowest BCUT2D eigenvalue weighted by Gasteiger charge is -2.16. The maximum atomic E-state index is 13.4. The first kappa shape index (κ1) is 25.2. The highest BCUT2D eigenvalue weighted by Gasteiger charge is 2.35. The molecule has 12 heteroatoms. The summed E-state index contributed by atoms with van der Waals surface area (Å²) < 4.78 is 56.7. The number of hydrogen-bond donors (Lipinski definition) is 0. The molecular formula is C24H20F3N3O5S. The van der Waals surface area contributed by atoms with Crippen molar-refractivity contribution >= 4 is 27.6 Å². The minimum atomic E-state index is -4.85. The zero-order chi connectivity index (χ0) is 26.2. The van der Waals surface area contributed by atoms with Crippen molar-refractivity contribution in [3.05, 3.63) is 74.6 Å². The molecule has 0 radical (unpaired) electrons. The second-order valence-electron chi connectivity index (χ2n) is 7.78. The van der Waals surface area contributed by atoms with Crippen LogP contribution < -0.4 is 16.0 Å². The summed E-state index contributed by atoms with van der Waals surface area (Å²) in [6.45, 7) is 2.71. The summed E-state index contributed by atoms with van der Waals surface area (Å²) in [5, 5.41) is 0.597. The monoisotopic (exact) mass is 519 g/mol. The van der Waals surface area contributed by atoms with E-state index in [4.69, 9.17) is 4.74 Å². The number of carbonyl (C=O) groups is 1. The predicted octanol–water partition coefficient (Wildman–Crippen LogP) is 4.17. The van der Waals surface area contributed by atoms with E-state index in [9.17, 15) is 27.6 Å². The Kier molecular flexibility index (Phi) is 6.72. The second kappa shape index (κ2) is 9.61. The molecular weight excluding hydrogens is 499 g/mol. The summed E-state index contributed by atoms with van der Waals surface area (Å²) in [5.41, 5.74) is -1.29. The molecule has 0 atom stereocenters. The Morgan fingerprint density at radius 3 is 2.53 bits per heavy atom. The van der Waals surface area contributed by atoms with E-state index in [1.807, 2.05) is 6.92 Å². The molecule has 0 aliphatic rings. The SMILES string of the molecule is CCn1c(C(F)(F)F)cc(=O)n(-c2ccc3snc(-c4cc(OCC(=O)OC)ccc4C)c3c2)c1=O. The fourth-order valence-corrected chi connectivity index (χ4v) is 4.53. The molecule has 0 unspecified atom stereocenters. The van der Waals surface area contributed by atoms with Gasteiger partial charge in [0, 0.05) is 23.6 Å². The molecule has 0 fully saturated rings. The predicted molar refractivity (Wildman–Crippen MR) is 128 cm³/mol. The van der Waals surface area contributed by atoms with Crippen LogP contribution in [0.2, 0.25) is 0 Å². The molecule has 2 aromatic carbocycles. The molecule has 0 saturated heterocycles. The molecule has 188 valence electrons. The minimum absolute atomic E-state index is 0.116. The van der Waals surface area contributed by atoms with Crippen LogP contribution in [0.1, 0.15) is 18.2 Å². The largest absolute Gasteiger partial charge is 0.482 e. The number of nitrogens with zero attached hydrogens (tertiary/aromatic N) is 3. The van der Waals surface area contributed by atoms with Crippen molar-refractivity contribution in [2.24, 2.45) is 0 Å². The van der Waals surface area contributed by atoms with Crippen LogP contribution in [0, 0.1) is 6.92 Å². The average Bonchev–Trinajstić information content (AvgIpc) is 3.25. The van der Waals surface area contributed by atoms with Crippen LogP contribution in [-0.2, 0) is 22.3 Å². The van der Waals surface area contributed by atoms with Gasteiger partial charge in [0.05, 0.1) is 23.2 Å². The Morgan fingerprint density at radius 1 is 1.11 bits per heavy atom. The van der Waals surface area contributed by atoms with Gasteiger partial charge in [-0.3, -0.25) is 9.36 Å². The summed E-state index contributed by atoms with van der Waals surface area (Å²) in [5.74, 6) is -0.135. The van der Waals surface area contributed by atoms with Crippen LogP contribution in [0.3, 0.4) is 0 Å². The normalized spacial score (nSPS) is 11.6. The lowest BCUT2D eigenvalue weighted by atomic mass is 10.0. The molecule has 0 spiro atoms. The summed E-state index contributed by atoms with van der Waals surface area (Å²) >= 11 is 1.19. The van der Waals surface area contributed by atoms with Crippen molar-refractivity contribution in [1.29, 1.82) is 0 Å². The lowest BCUT2D eigenvalue weighted by molar-refractivity contribution is -0.144. The number of hydrogen-bond acceptors (Lipinski definition) is 7. The van der Waals surface area contributed by atoms with Gasteiger partial charge in [-0.05, 0) is 61.3 Å². The van der Waals surface area contributed by atoms with Crippen LogP contribution in [0.25, 0.3) is 27.0 Å². The van der Waals surface area contributed by atoms with Gasteiger partial charge in [0.1, 0.15) is 11.4 Å². The Hall–Kier alpha value is -3.93. The fourth-order valence-electron chi connectivity index (χ4n) is 3.76. The summed E-state index contributed by atoms with van der Waals surface area (Å²) in [6.07, 6.45) is -4.85. The molecule has 0 N–H and O–H groups in total. The first-order chi connectivity index (χ1) is 17.0. The first-order valence-electron chi connectivity index (χ1n) is 10.7. The number of aryl methyl sites for hydroxylation is 1. The number of ether oxygens (including phenoxy) is 2. The molecule has 0 amide bonds. The van der Waals surface area contributed by atoms with Gasteiger partial charge in [-0.2, -0.15) is 17.5 Å². The van der Waals surface area contributed by atoms with E-state index in [-0.39, 0.29) is 18.8 Å². The van der Waals surface area contributed by atoms with E-state index in [1.54, 1.807) is 30.3 Å². The third-order valence-electron chi connectivity index (χ3n) is 5.56. The summed E-state index contributed by atoms with van der Waals surface area (Å²) in [4.78, 5) is 37.0. The standard InChI is InChI=1S/C24H20F3N3O5S/c1-4-29-19(24(25,26)27)11-20(31)30(23(29)33)14-6-8-18-17(9-14)22(28-36-18)16-10-15(7-5-13(16)2)35-12-21(32)34-3/h5-11H,4,12H2,1-3H3. The van der Waals surface area contributed by atoms with E-state index >= 15 is 0 Å². The van der Waals surface area contributed by atoms with Crippen molar-refractivity contribution in [2.75, 3.05) is 13.7 Å². The lowest BCUT2D eigenvalue weighted by Crippen LogP contribution is -2.41. The molecule has 4 aromatic rings. The number of carbonyl (C=O) groups excluding carboxylic acids is 1. The quantitative estimate of drug-likeness (QED) is 0.355. The Balaban J connectivity index is 1.85. The van der Waals surface area contributed by atoms with Crippen molar-refractivity contribution in [2.45, 2.75) is 26.6 Å². The highest BCUT2D eigenvalue weighted by atomic mass is 32.1. The molecule has 4 rings (SSSR count). The highest BCUT2D eigenvalue weighted by Crippen LogP contribution is 2.35. The smallest absolute Gasteiger partial charge is 0.431 e. The number of fused-ring (bicyclic) bond motifs is 1. The third-order valence-corrected chi connectivity index (χ3v) is 6.39. The second-order valence-corrected chi connectivity index (χ2v) is 8.59. The van der Waals surface area contributed by atoms with E-state index < -0.39 is 29.1 Å². The van der Waals surface area contributed by atoms with Gasteiger partial charge in [-0.15, -0.1) is 0 Å². The number of alkyl halides is 3. The van der Waals surface area contributed by atoms with Crippen molar-refractivity contribution < 1.29 is 27.4 Å². The van der Waals surface area contributed by atoms with Gasteiger partial charge in [0.2, 0.25) is 0 Å². The van der Waals surface area contributed by atoms with Gasteiger partial charge in [0.15, 0.2) is 6.61 Å². The Labute approximate surface area is 206 Å². The fraction of sp³-hybridized carbons (Fsp3) is 0.250.